The number of ether oxygens (including phenoxy) is 2. The molecule has 0 aliphatic rings. The van der Waals surface area contributed by atoms with Crippen LogP contribution in [0.15, 0.2) is 52.9 Å². The number of rotatable bonds is 9. The lowest BCUT2D eigenvalue weighted by Crippen LogP contribution is -2.14. The Kier molecular flexibility index (Phi) is 7.63. The summed E-state index contributed by atoms with van der Waals surface area (Å²) in [7, 11) is 1.61. The molecule has 0 aliphatic carbocycles. The molecule has 1 aromatic heterocycles. The predicted octanol–water partition coefficient (Wildman–Crippen LogP) is 4.20. The number of anilines is 3. The molecule has 3 aromatic rings. The Hall–Kier alpha value is -3.11. The molecule has 8 nitrogen and oxygen atoms in total. The van der Waals surface area contributed by atoms with Gasteiger partial charge in [0.05, 0.1) is 25.0 Å². The average molecular weight is 445 g/mol. The lowest BCUT2D eigenvalue weighted by molar-refractivity contribution is -0.113. The van der Waals surface area contributed by atoms with Crippen LogP contribution in [0.4, 0.5) is 16.5 Å². The van der Waals surface area contributed by atoms with Gasteiger partial charge in [-0.3, -0.25) is 4.79 Å². The summed E-state index contributed by atoms with van der Waals surface area (Å²) in [5.74, 6) is 0.362. The molecule has 0 saturated carbocycles. The zero-order chi connectivity index (χ0) is 21.3. The van der Waals surface area contributed by atoms with Crippen molar-refractivity contribution in [1.29, 1.82) is 0 Å². The van der Waals surface area contributed by atoms with Gasteiger partial charge in [0.15, 0.2) is 4.34 Å². The maximum atomic E-state index is 12.2. The minimum atomic E-state index is -0.388. The first-order valence-electron chi connectivity index (χ1n) is 9.02. The predicted molar refractivity (Wildman–Crippen MR) is 118 cm³/mol. The molecule has 1 heterocycles. The maximum absolute atomic E-state index is 12.2. The number of esters is 1. The molecule has 0 fully saturated rings. The highest BCUT2D eigenvalue weighted by Gasteiger charge is 2.10. The van der Waals surface area contributed by atoms with Crippen LogP contribution in [0.3, 0.4) is 0 Å². The molecule has 2 aromatic carbocycles. The second-order valence-corrected chi connectivity index (χ2v) is 8.06. The Morgan fingerprint density at radius 2 is 1.90 bits per heavy atom. The minimum Gasteiger partial charge on any atom is -0.497 e. The van der Waals surface area contributed by atoms with Gasteiger partial charge in [0.1, 0.15) is 5.75 Å². The Bertz CT molecular complexity index is 1010. The van der Waals surface area contributed by atoms with Crippen LogP contribution in [0.5, 0.6) is 5.75 Å². The Morgan fingerprint density at radius 1 is 1.10 bits per heavy atom. The van der Waals surface area contributed by atoms with E-state index >= 15 is 0 Å². The number of hydrogen-bond donors (Lipinski definition) is 2. The lowest BCUT2D eigenvalue weighted by Gasteiger charge is -2.06. The third kappa shape index (κ3) is 6.19. The van der Waals surface area contributed by atoms with Gasteiger partial charge < -0.3 is 20.1 Å². The number of methoxy groups -OCH3 is 1. The topological polar surface area (TPSA) is 102 Å². The van der Waals surface area contributed by atoms with E-state index in [2.05, 4.69) is 20.8 Å². The van der Waals surface area contributed by atoms with Gasteiger partial charge in [-0.2, -0.15) is 0 Å². The van der Waals surface area contributed by atoms with Gasteiger partial charge in [-0.05, 0) is 43.3 Å². The molecule has 0 spiro atoms. The van der Waals surface area contributed by atoms with Crippen LogP contribution in [0, 0.1) is 0 Å². The molecular weight excluding hydrogens is 424 g/mol. The highest BCUT2D eigenvalue weighted by atomic mass is 32.2. The van der Waals surface area contributed by atoms with E-state index in [0.717, 1.165) is 11.4 Å². The fraction of sp³-hybridized carbons (Fsp3) is 0.200. The van der Waals surface area contributed by atoms with Crippen molar-refractivity contribution in [3.63, 3.8) is 0 Å². The van der Waals surface area contributed by atoms with Crippen molar-refractivity contribution in [3.8, 4) is 5.75 Å². The molecule has 156 valence electrons. The van der Waals surface area contributed by atoms with Crippen molar-refractivity contribution in [2.75, 3.05) is 30.1 Å². The van der Waals surface area contributed by atoms with Gasteiger partial charge in [-0.1, -0.05) is 29.2 Å². The summed E-state index contributed by atoms with van der Waals surface area (Å²) in [5, 5.41) is 14.8. The Balaban J connectivity index is 1.48. The highest BCUT2D eigenvalue weighted by Crippen LogP contribution is 2.28. The average Bonchev–Trinajstić information content (AvgIpc) is 3.20. The van der Waals surface area contributed by atoms with Gasteiger partial charge in [-0.15, -0.1) is 10.2 Å². The first kappa shape index (κ1) is 21.6. The van der Waals surface area contributed by atoms with Crippen LogP contribution in [0.25, 0.3) is 0 Å². The van der Waals surface area contributed by atoms with Crippen molar-refractivity contribution < 1.29 is 19.1 Å². The maximum Gasteiger partial charge on any atom is 0.338 e. The molecule has 0 atom stereocenters. The quantitative estimate of drug-likeness (QED) is 0.374. The summed E-state index contributed by atoms with van der Waals surface area (Å²) in [4.78, 5) is 23.8. The molecular formula is C20H20N4O4S2. The van der Waals surface area contributed by atoms with Crippen LogP contribution in [0.1, 0.15) is 17.3 Å². The van der Waals surface area contributed by atoms with Crippen LogP contribution in [-0.2, 0) is 9.53 Å². The fourth-order valence-corrected chi connectivity index (χ4v) is 3.94. The number of nitrogens with zero attached hydrogens (tertiary/aromatic N) is 2. The summed E-state index contributed by atoms with van der Waals surface area (Å²) < 4.78 is 10.8. The monoisotopic (exact) mass is 444 g/mol. The molecule has 0 saturated heterocycles. The second kappa shape index (κ2) is 10.6. The van der Waals surface area contributed by atoms with Crippen LogP contribution in [-0.4, -0.2) is 41.5 Å². The van der Waals surface area contributed by atoms with Crippen LogP contribution < -0.4 is 15.4 Å². The van der Waals surface area contributed by atoms with Crippen molar-refractivity contribution in [3.05, 3.63) is 54.1 Å². The van der Waals surface area contributed by atoms with E-state index < -0.39 is 0 Å². The minimum absolute atomic E-state index is 0.179. The number of carbonyl (C=O) groups is 2. The van der Waals surface area contributed by atoms with E-state index in [4.69, 9.17) is 9.47 Å². The summed E-state index contributed by atoms with van der Waals surface area (Å²) in [6.07, 6.45) is 0. The van der Waals surface area contributed by atoms with E-state index in [1.807, 2.05) is 24.3 Å². The SMILES string of the molecule is CCOC(=O)c1ccc(NC(=O)CSc2nnc(Nc3cccc(OC)c3)s2)cc1. The molecule has 2 N–H and O–H groups in total. The van der Waals surface area contributed by atoms with Crippen molar-refractivity contribution in [2.45, 2.75) is 11.3 Å². The molecule has 30 heavy (non-hydrogen) atoms. The van der Waals surface area contributed by atoms with Gasteiger partial charge in [-0.25, -0.2) is 4.79 Å². The summed E-state index contributed by atoms with van der Waals surface area (Å²) >= 11 is 2.65. The van der Waals surface area contributed by atoms with Gasteiger partial charge in [0, 0.05) is 17.4 Å². The molecule has 0 unspecified atom stereocenters. The molecule has 0 bridgehead atoms. The number of thioether (sulfide) groups is 1. The summed E-state index contributed by atoms with van der Waals surface area (Å²) in [6.45, 7) is 2.07. The molecule has 0 radical (unpaired) electrons. The molecule has 3 rings (SSSR count). The number of amides is 1. The van der Waals surface area contributed by atoms with E-state index in [1.165, 1.54) is 23.1 Å². The first-order valence-corrected chi connectivity index (χ1v) is 10.8. The normalized spacial score (nSPS) is 10.3. The van der Waals surface area contributed by atoms with E-state index in [9.17, 15) is 9.59 Å². The first-order chi connectivity index (χ1) is 14.6. The smallest absolute Gasteiger partial charge is 0.338 e. The second-order valence-electron chi connectivity index (χ2n) is 5.86. The standard InChI is InChI=1S/C20H20N4O4S2/c1-3-28-18(26)13-7-9-14(10-8-13)21-17(25)12-29-20-24-23-19(30-20)22-15-5-4-6-16(11-15)27-2/h4-11H,3,12H2,1-2H3,(H,21,25)(H,22,23). The Morgan fingerprint density at radius 3 is 2.63 bits per heavy atom. The number of hydrogen-bond acceptors (Lipinski definition) is 9. The Labute approximate surface area is 182 Å². The molecule has 10 heteroatoms. The number of aromatic nitrogens is 2. The summed E-state index contributed by atoms with van der Waals surface area (Å²) in [6, 6.07) is 14.0. The van der Waals surface area contributed by atoms with Crippen molar-refractivity contribution in [2.24, 2.45) is 0 Å². The van der Waals surface area contributed by atoms with Crippen LogP contribution >= 0.6 is 23.1 Å². The zero-order valence-corrected chi connectivity index (χ0v) is 18.0. The van der Waals surface area contributed by atoms with Gasteiger partial charge in [0.2, 0.25) is 11.0 Å². The van der Waals surface area contributed by atoms with Crippen LogP contribution in [0.2, 0.25) is 0 Å². The van der Waals surface area contributed by atoms with E-state index in [0.29, 0.717) is 27.3 Å². The zero-order valence-electron chi connectivity index (χ0n) is 16.4. The number of carbonyl (C=O) groups excluding carboxylic acids is 2. The number of benzene rings is 2. The fourth-order valence-electron chi connectivity index (χ4n) is 2.37. The van der Waals surface area contributed by atoms with E-state index in [1.54, 1.807) is 38.3 Å². The third-order valence-electron chi connectivity index (χ3n) is 3.73. The highest BCUT2D eigenvalue weighted by molar-refractivity contribution is 8.01. The molecule has 1 amide bonds. The lowest BCUT2D eigenvalue weighted by atomic mass is 10.2. The number of nitrogens with one attached hydrogen (secondary N) is 2. The van der Waals surface area contributed by atoms with Crippen molar-refractivity contribution >= 4 is 51.5 Å². The third-order valence-corrected chi connectivity index (χ3v) is 5.71. The van der Waals surface area contributed by atoms with Gasteiger partial charge >= 0.3 is 5.97 Å². The molecule has 0 aliphatic heterocycles. The van der Waals surface area contributed by atoms with E-state index in [-0.39, 0.29) is 17.6 Å². The van der Waals surface area contributed by atoms with Gasteiger partial charge in [0.25, 0.3) is 0 Å². The largest absolute Gasteiger partial charge is 0.497 e. The van der Waals surface area contributed by atoms with Crippen molar-refractivity contribution in [1.82, 2.24) is 10.2 Å². The summed E-state index contributed by atoms with van der Waals surface area (Å²) in [5.41, 5.74) is 1.88.